The molecular weight excluding hydrogens is 324 g/mol. The van der Waals surface area contributed by atoms with Gasteiger partial charge in [-0.15, -0.1) is 11.8 Å². The first-order chi connectivity index (χ1) is 11.4. The lowest BCUT2D eigenvalue weighted by molar-refractivity contribution is -0.387. The van der Waals surface area contributed by atoms with E-state index in [-0.39, 0.29) is 11.6 Å². The summed E-state index contributed by atoms with van der Waals surface area (Å²) in [5.74, 6) is -0.234. The van der Waals surface area contributed by atoms with Crippen molar-refractivity contribution in [3.63, 3.8) is 0 Å². The summed E-state index contributed by atoms with van der Waals surface area (Å²) in [4.78, 5) is 25.9. The third kappa shape index (κ3) is 3.59. The van der Waals surface area contributed by atoms with Crippen LogP contribution in [-0.2, 0) is 0 Å². The number of carbonyl (C=O) groups excluding carboxylic acids is 1. The maximum Gasteiger partial charge on any atom is 0.283 e. The molecule has 0 heterocycles. The lowest BCUT2D eigenvalue weighted by Gasteiger charge is -2.23. The molecule has 0 aromatic heterocycles. The van der Waals surface area contributed by atoms with Gasteiger partial charge in [0.1, 0.15) is 0 Å². The molecule has 126 valence electrons. The summed E-state index contributed by atoms with van der Waals surface area (Å²) in [7, 11) is 0. The van der Waals surface area contributed by atoms with Crippen molar-refractivity contribution < 1.29 is 9.72 Å². The Morgan fingerprint density at radius 3 is 2.50 bits per heavy atom. The maximum absolute atomic E-state index is 12.9. The van der Waals surface area contributed by atoms with Crippen LogP contribution in [0, 0.1) is 24.0 Å². The van der Waals surface area contributed by atoms with Gasteiger partial charge >= 0.3 is 0 Å². The molecule has 0 spiro atoms. The Labute approximate surface area is 145 Å². The molecule has 5 nitrogen and oxygen atoms in total. The summed E-state index contributed by atoms with van der Waals surface area (Å²) in [6, 6.07) is 10.6. The predicted octanol–water partition coefficient (Wildman–Crippen LogP) is 4.60. The second-order valence-electron chi connectivity index (χ2n) is 5.48. The molecule has 6 heteroatoms. The van der Waals surface area contributed by atoms with E-state index in [4.69, 9.17) is 0 Å². The number of amides is 1. The second-order valence-corrected chi connectivity index (χ2v) is 6.33. The molecule has 0 bridgehead atoms. The molecule has 0 saturated heterocycles. The number of aryl methyl sites for hydroxylation is 2. The molecule has 0 unspecified atom stereocenters. The highest BCUT2D eigenvalue weighted by Gasteiger charge is 2.22. The predicted molar refractivity (Wildman–Crippen MR) is 98.1 cm³/mol. The minimum absolute atomic E-state index is 0.0367. The van der Waals surface area contributed by atoms with Crippen molar-refractivity contribution >= 4 is 29.0 Å². The van der Waals surface area contributed by atoms with Crippen LogP contribution in [0.5, 0.6) is 0 Å². The van der Waals surface area contributed by atoms with Crippen LogP contribution in [0.1, 0.15) is 28.4 Å². The topological polar surface area (TPSA) is 63.5 Å². The van der Waals surface area contributed by atoms with Gasteiger partial charge in [-0.05, 0) is 56.4 Å². The third-order valence-electron chi connectivity index (χ3n) is 3.84. The van der Waals surface area contributed by atoms with Crippen molar-refractivity contribution in [3.8, 4) is 0 Å². The van der Waals surface area contributed by atoms with Gasteiger partial charge in [0.15, 0.2) is 0 Å². The SMILES string of the molecule is CCN(C(=O)c1ccc(SC)c([N+](=O)[O-])c1)c1cc(C)ccc1C. The number of hydrogen-bond donors (Lipinski definition) is 0. The Hall–Kier alpha value is -2.34. The summed E-state index contributed by atoms with van der Waals surface area (Å²) in [5.41, 5.74) is 3.17. The minimum atomic E-state index is -0.448. The van der Waals surface area contributed by atoms with E-state index in [1.807, 2.05) is 39.0 Å². The molecule has 0 fully saturated rings. The number of carbonyl (C=O) groups is 1. The largest absolute Gasteiger partial charge is 0.308 e. The Bertz CT molecular complexity index is 790. The number of anilines is 1. The van der Waals surface area contributed by atoms with Gasteiger partial charge in [0.25, 0.3) is 11.6 Å². The number of nitrogens with zero attached hydrogens (tertiary/aromatic N) is 2. The van der Waals surface area contributed by atoms with Gasteiger partial charge in [0.05, 0.1) is 9.82 Å². The van der Waals surface area contributed by atoms with Gasteiger partial charge in [-0.25, -0.2) is 0 Å². The number of thioether (sulfide) groups is 1. The molecular formula is C18H20N2O3S. The van der Waals surface area contributed by atoms with Crippen molar-refractivity contribution in [1.82, 2.24) is 0 Å². The Kier molecular flexibility index (Phi) is 5.62. The van der Waals surface area contributed by atoms with Gasteiger partial charge in [-0.3, -0.25) is 14.9 Å². The zero-order valence-corrected chi connectivity index (χ0v) is 15.0. The van der Waals surface area contributed by atoms with Gasteiger partial charge in [0.2, 0.25) is 0 Å². The maximum atomic E-state index is 12.9. The third-order valence-corrected chi connectivity index (χ3v) is 4.62. The second kappa shape index (κ2) is 7.49. The Balaban J connectivity index is 2.47. The van der Waals surface area contributed by atoms with Crippen LogP contribution in [0.2, 0.25) is 0 Å². The van der Waals surface area contributed by atoms with Crippen LogP contribution in [0.15, 0.2) is 41.3 Å². The fourth-order valence-corrected chi connectivity index (χ4v) is 3.10. The number of nitro benzene ring substituents is 1. The van der Waals surface area contributed by atoms with E-state index >= 15 is 0 Å². The molecule has 0 aliphatic heterocycles. The van der Waals surface area contributed by atoms with Crippen LogP contribution in [0.3, 0.4) is 0 Å². The number of hydrogen-bond acceptors (Lipinski definition) is 4. The van der Waals surface area contributed by atoms with E-state index in [9.17, 15) is 14.9 Å². The molecule has 2 aromatic rings. The number of nitro groups is 1. The van der Waals surface area contributed by atoms with Crippen LogP contribution in [0.4, 0.5) is 11.4 Å². The van der Waals surface area contributed by atoms with Crippen LogP contribution in [-0.4, -0.2) is 23.6 Å². The Morgan fingerprint density at radius 1 is 1.21 bits per heavy atom. The highest BCUT2D eigenvalue weighted by atomic mass is 32.2. The van der Waals surface area contributed by atoms with E-state index in [1.165, 1.54) is 17.8 Å². The van der Waals surface area contributed by atoms with E-state index in [0.717, 1.165) is 16.8 Å². The normalized spacial score (nSPS) is 10.5. The van der Waals surface area contributed by atoms with Gasteiger partial charge in [-0.1, -0.05) is 12.1 Å². The molecule has 0 N–H and O–H groups in total. The number of benzene rings is 2. The fourth-order valence-electron chi connectivity index (χ4n) is 2.56. The van der Waals surface area contributed by atoms with Crippen molar-refractivity contribution in [2.45, 2.75) is 25.7 Å². The lowest BCUT2D eigenvalue weighted by atomic mass is 10.1. The van der Waals surface area contributed by atoms with E-state index < -0.39 is 4.92 Å². The lowest BCUT2D eigenvalue weighted by Crippen LogP contribution is -2.31. The first-order valence-electron chi connectivity index (χ1n) is 7.60. The first-order valence-corrected chi connectivity index (χ1v) is 8.83. The van der Waals surface area contributed by atoms with Gasteiger partial charge in [0, 0.05) is 23.9 Å². The smallest absolute Gasteiger partial charge is 0.283 e. The molecule has 2 aromatic carbocycles. The Morgan fingerprint density at radius 2 is 1.92 bits per heavy atom. The van der Waals surface area contributed by atoms with Gasteiger partial charge < -0.3 is 4.90 Å². The van der Waals surface area contributed by atoms with Crippen molar-refractivity contribution in [1.29, 1.82) is 0 Å². The molecule has 0 aliphatic carbocycles. The van der Waals surface area contributed by atoms with E-state index in [0.29, 0.717) is 17.0 Å². The summed E-state index contributed by atoms with van der Waals surface area (Å²) >= 11 is 1.29. The molecule has 2 rings (SSSR count). The van der Waals surface area contributed by atoms with E-state index in [1.54, 1.807) is 23.3 Å². The molecule has 24 heavy (non-hydrogen) atoms. The first kappa shape index (κ1) is 18.0. The zero-order chi connectivity index (χ0) is 17.9. The molecule has 1 amide bonds. The van der Waals surface area contributed by atoms with Crippen molar-refractivity contribution in [3.05, 3.63) is 63.2 Å². The summed E-state index contributed by atoms with van der Waals surface area (Å²) in [6.45, 7) is 6.30. The van der Waals surface area contributed by atoms with Gasteiger partial charge in [-0.2, -0.15) is 0 Å². The quantitative estimate of drug-likeness (QED) is 0.452. The summed E-state index contributed by atoms with van der Waals surface area (Å²) < 4.78 is 0. The van der Waals surface area contributed by atoms with Crippen LogP contribution in [0.25, 0.3) is 0 Å². The van der Waals surface area contributed by atoms with Crippen molar-refractivity contribution in [2.75, 3.05) is 17.7 Å². The number of rotatable bonds is 5. The minimum Gasteiger partial charge on any atom is -0.308 e. The van der Waals surface area contributed by atoms with Crippen molar-refractivity contribution in [2.24, 2.45) is 0 Å². The monoisotopic (exact) mass is 344 g/mol. The molecule has 0 atom stereocenters. The molecule has 0 aliphatic rings. The van der Waals surface area contributed by atoms with E-state index in [2.05, 4.69) is 0 Å². The van der Waals surface area contributed by atoms with Crippen LogP contribution >= 0.6 is 11.8 Å². The van der Waals surface area contributed by atoms with Crippen LogP contribution < -0.4 is 4.90 Å². The molecule has 0 radical (unpaired) electrons. The standard InChI is InChI=1S/C18H20N2O3S/c1-5-19(15-10-12(2)6-7-13(15)3)18(21)14-8-9-17(24-4)16(11-14)20(22)23/h6-11H,5H2,1-4H3. The summed E-state index contributed by atoms with van der Waals surface area (Å²) in [5, 5.41) is 11.2. The summed E-state index contributed by atoms with van der Waals surface area (Å²) in [6.07, 6.45) is 1.78. The highest BCUT2D eigenvalue weighted by molar-refractivity contribution is 7.98. The average molecular weight is 344 g/mol. The zero-order valence-electron chi connectivity index (χ0n) is 14.2. The fraction of sp³-hybridized carbons (Fsp3) is 0.278. The average Bonchev–Trinajstić information content (AvgIpc) is 2.57. The molecule has 0 saturated carbocycles. The highest BCUT2D eigenvalue weighted by Crippen LogP contribution is 2.30.